The van der Waals surface area contributed by atoms with Crippen LogP contribution in [0.25, 0.3) is 0 Å². The summed E-state index contributed by atoms with van der Waals surface area (Å²) < 4.78 is 10.9. The minimum atomic E-state index is -0.522. The van der Waals surface area contributed by atoms with Crippen LogP contribution in [0.2, 0.25) is 0 Å². The molecule has 0 spiro atoms. The lowest BCUT2D eigenvalue weighted by molar-refractivity contribution is 0.00239. The molecule has 6 heteroatoms. The van der Waals surface area contributed by atoms with Gasteiger partial charge >= 0.3 is 12.2 Å². The fourth-order valence-corrected chi connectivity index (χ4v) is 3.84. The first-order chi connectivity index (χ1) is 12.3. The van der Waals surface area contributed by atoms with E-state index in [1.807, 2.05) is 56.0 Å². The number of piperidine rings is 1. The topological polar surface area (TPSA) is 67.9 Å². The van der Waals surface area contributed by atoms with E-state index in [1.54, 1.807) is 0 Å². The number of hydrogen-bond donors (Lipinski definition) is 1. The number of rotatable bonds is 3. The van der Waals surface area contributed by atoms with Crippen LogP contribution in [0.15, 0.2) is 30.3 Å². The Labute approximate surface area is 154 Å². The number of nitrogens with one attached hydrogen (secondary N) is 1. The van der Waals surface area contributed by atoms with Gasteiger partial charge < -0.3 is 19.7 Å². The molecule has 0 radical (unpaired) electrons. The summed E-state index contributed by atoms with van der Waals surface area (Å²) in [4.78, 5) is 26.6. The van der Waals surface area contributed by atoms with Gasteiger partial charge in [-0.05, 0) is 52.0 Å². The number of nitrogens with zero attached hydrogens (tertiary/aromatic N) is 1. The zero-order valence-electron chi connectivity index (χ0n) is 15.7. The van der Waals surface area contributed by atoms with Gasteiger partial charge in [0, 0.05) is 6.04 Å². The summed E-state index contributed by atoms with van der Waals surface area (Å²) in [5.41, 5.74) is 0.425. The molecule has 1 aromatic carbocycles. The Morgan fingerprint density at radius 1 is 1.12 bits per heavy atom. The number of ether oxygens (including phenoxy) is 2. The Bertz CT molecular complexity index is 641. The van der Waals surface area contributed by atoms with E-state index in [-0.39, 0.29) is 30.8 Å². The second-order valence-electron chi connectivity index (χ2n) is 8.08. The second-order valence-corrected chi connectivity index (χ2v) is 8.08. The smallest absolute Gasteiger partial charge is 0.410 e. The van der Waals surface area contributed by atoms with Crippen LogP contribution in [0.5, 0.6) is 0 Å². The van der Waals surface area contributed by atoms with E-state index in [9.17, 15) is 9.59 Å². The number of hydrogen-bond acceptors (Lipinski definition) is 4. The molecule has 1 N–H and O–H groups in total. The quantitative estimate of drug-likeness (QED) is 0.889. The first-order valence-corrected chi connectivity index (χ1v) is 9.32. The molecule has 1 aromatic rings. The highest BCUT2D eigenvalue weighted by Gasteiger charge is 2.46. The van der Waals surface area contributed by atoms with Crippen molar-refractivity contribution in [1.29, 1.82) is 0 Å². The van der Waals surface area contributed by atoms with E-state index in [0.29, 0.717) is 0 Å². The van der Waals surface area contributed by atoms with Crippen molar-refractivity contribution in [3.05, 3.63) is 35.9 Å². The number of alkyl carbamates (subject to hydrolysis) is 1. The highest BCUT2D eigenvalue weighted by atomic mass is 16.6. The van der Waals surface area contributed by atoms with Gasteiger partial charge in [-0.3, -0.25) is 0 Å². The van der Waals surface area contributed by atoms with E-state index in [1.165, 1.54) is 0 Å². The van der Waals surface area contributed by atoms with E-state index >= 15 is 0 Å². The lowest BCUT2D eigenvalue weighted by atomic mass is 9.98. The van der Waals surface area contributed by atoms with Gasteiger partial charge in [-0.2, -0.15) is 0 Å². The van der Waals surface area contributed by atoms with E-state index in [2.05, 4.69) is 5.32 Å². The third kappa shape index (κ3) is 4.48. The minimum absolute atomic E-state index is 0.0205. The van der Waals surface area contributed by atoms with Crippen LogP contribution < -0.4 is 5.32 Å². The second kappa shape index (κ2) is 7.56. The van der Waals surface area contributed by atoms with E-state index < -0.39 is 11.7 Å². The Kier molecular flexibility index (Phi) is 5.39. The van der Waals surface area contributed by atoms with E-state index in [0.717, 1.165) is 31.2 Å². The molecular formula is C20H28N2O4. The summed E-state index contributed by atoms with van der Waals surface area (Å²) in [5, 5.41) is 2.95. The van der Waals surface area contributed by atoms with Crippen molar-refractivity contribution in [3.8, 4) is 0 Å². The molecule has 0 saturated carbocycles. The molecule has 2 aliphatic rings. The van der Waals surface area contributed by atoms with Gasteiger partial charge in [-0.25, -0.2) is 9.59 Å². The Balaban J connectivity index is 1.56. The predicted molar refractivity (Wildman–Crippen MR) is 97.7 cm³/mol. The van der Waals surface area contributed by atoms with Crippen LogP contribution in [0.4, 0.5) is 9.59 Å². The molecule has 3 atom stereocenters. The first-order valence-electron chi connectivity index (χ1n) is 9.32. The highest BCUT2D eigenvalue weighted by Crippen LogP contribution is 2.36. The van der Waals surface area contributed by atoms with Gasteiger partial charge in [-0.1, -0.05) is 30.3 Å². The molecule has 142 valence electrons. The molecule has 2 fully saturated rings. The molecular weight excluding hydrogens is 332 g/mol. The van der Waals surface area contributed by atoms with Gasteiger partial charge in [0.15, 0.2) is 0 Å². The van der Waals surface area contributed by atoms with Gasteiger partial charge in [0.25, 0.3) is 0 Å². The normalized spacial score (nSPS) is 24.9. The molecule has 0 aliphatic carbocycles. The number of benzene rings is 1. The van der Waals surface area contributed by atoms with Gasteiger partial charge in [-0.15, -0.1) is 0 Å². The molecule has 26 heavy (non-hydrogen) atoms. The predicted octanol–water partition coefficient (Wildman–Crippen LogP) is 3.84. The summed E-state index contributed by atoms with van der Waals surface area (Å²) in [6, 6.07) is 9.68. The highest BCUT2D eigenvalue weighted by molar-refractivity contribution is 5.71. The van der Waals surface area contributed by atoms with Crippen molar-refractivity contribution in [2.45, 2.75) is 76.8 Å². The summed E-state index contributed by atoms with van der Waals surface area (Å²) in [7, 11) is 0. The van der Waals surface area contributed by atoms with Crippen LogP contribution in [0.1, 0.15) is 52.0 Å². The molecule has 0 unspecified atom stereocenters. The lowest BCUT2D eigenvalue weighted by Crippen LogP contribution is -2.57. The zero-order chi connectivity index (χ0) is 18.7. The number of carbonyl (C=O) groups excluding carboxylic acids is 2. The summed E-state index contributed by atoms with van der Waals surface area (Å²) in [5.74, 6) is 0. The third-order valence-electron chi connectivity index (χ3n) is 4.94. The van der Waals surface area contributed by atoms with Crippen molar-refractivity contribution < 1.29 is 19.1 Å². The maximum absolute atomic E-state index is 12.6. The monoisotopic (exact) mass is 360 g/mol. The van der Waals surface area contributed by atoms with E-state index in [4.69, 9.17) is 9.47 Å². The van der Waals surface area contributed by atoms with Crippen molar-refractivity contribution in [2.24, 2.45) is 0 Å². The van der Waals surface area contributed by atoms with Crippen molar-refractivity contribution in [2.75, 3.05) is 0 Å². The van der Waals surface area contributed by atoms with Gasteiger partial charge in [0.05, 0.1) is 12.1 Å². The fraction of sp³-hybridized carbons (Fsp3) is 0.600. The van der Waals surface area contributed by atoms with Crippen LogP contribution in [-0.4, -0.2) is 40.8 Å². The van der Waals surface area contributed by atoms with Crippen LogP contribution in [0.3, 0.4) is 0 Å². The molecule has 2 aliphatic heterocycles. The number of carbonyl (C=O) groups is 2. The van der Waals surface area contributed by atoms with Crippen molar-refractivity contribution >= 4 is 12.2 Å². The van der Waals surface area contributed by atoms with Crippen LogP contribution in [-0.2, 0) is 16.1 Å². The summed E-state index contributed by atoms with van der Waals surface area (Å²) >= 11 is 0. The fourth-order valence-electron chi connectivity index (χ4n) is 3.84. The Hall–Kier alpha value is -2.24. The summed E-state index contributed by atoms with van der Waals surface area (Å²) in [6.45, 7) is 5.84. The molecule has 2 bridgehead atoms. The number of fused-ring (bicyclic) bond motifs is 2. The maximum atomic E-state index is 12.6. The molecule has 2 heterocycles. The third-order valence-corrected chi connectivity index (χ3v) is 4.94. The SMILES string of the molecule is CC(C)(C)OC(=O)N1[C@H]2CC[C@@H]1[C@H](NC(=O)OCc1ccccc1)CC2. The first kappa shape index (κ1) is 18.5. The van der Waals surface area contributed by atoms with Gasteiger partial charge in [0.1, 0.15) is 12.2 Å². The largest absolute Gasteiger partial charge is 0.445 e. The molecule has 0 aromatic heterocycles. The maximum Gasteiger partial charge on any atom is 0.410 e. The molecule has 2 amide bonds. The van der Waals surface area contributed by atoms with Crippen LogP contribution >= 0.6 is 0 Å². The Morgan fingerprint density at radius 2 is 1.81 bits per heavy atom. The summed E-state index contributed by atoms with van der Waals surface area (Å²) in [6.07, 6.45) is 2.85. The Morgan fingerprint density at radius 3 is 2.50 bits per heavy atom. The molecule has 6 nitrogen and oxygen atoms in total. The zero-order valence-corrected chi connectivity index (χ0v) is 15.7. The average Bonchev–Trinajstić information content (AvgIpc) is 2.91. The number of amides is 2. The molecule has 3 rings (SSSR count). The van der Waals surface area contributed by atoms with Gasteiger partial charge in [0.2, 0.25) is 0 Å². The lowest BCUT2D eigenvalue weighted by Gasteiger charge is -2.40. The molecule has 2 saturated heterocycles. The average molecular weight is 360 g/mol. The van der Waals surface area contributed by atoms with Crippen molar-refractivity contribution in [3.63, 3.8) is 0 Å². The minimum Gasteiger partial charge on any atom is -0.445 e. The van der Waals surface area contributed by atoms with Crippen LogP contribution in [0, 0.1) is 0 Å². The van der Waals surface area contributed by atoms with Crippen molar-refractivity contribution in [1.82, 2.24) is 10.2 Å². The standard InChI is InChI=1S/C20H28N2O4/c1-20(2,3)26-19(24)22-15-9-11-16(17(22)12-10-15)21-18(23)25-13-14-7-5-4-6-8-14/h4-8,15-17H,9-13H2,1-3H3,(H,21,23)/t15-,16-,17-/m1/s1.